The number of thiol groups is 1. The molecule has 0 aromatic heterocycles. The summed E-state index contributed by atoms with van der Waals surface area (Å²) in [7, 11) is 0. The molecule has 0 bridgehead atoms. The summed E-state index contributed by atoms with van der Waals surface area (Å²) in [4.78, 5) is 0. The van der Waals surface area contributed by atoms with Gasteiger partial charge in [0.25, 0.3) is 0 Å². The van der Waals surface area contributed by atoms with Crippen molar-refractivity contribution >= 4 is 12.6 Å². The zero-order valence-corrected chi connectivity index (χ0v) is 4.66. The Balaban J connectivity index is 2.95. The van der Waals surface area contributed by atoms with Gasteiger partial charge in [0, 0.05) is 0 Å². The maximum atomic E-state index is 11.0. The van der Waals surface area contributed by atoms with Gasteiger partial charge in [0.1, 0.15) is 5.44 Å². The van der Waals surface area contributed by atoms with Gasteiger partial charge in [-0.1, -0.05) is 0 Å². The molecule has 0 aromatic rings. The average molecular weight is 128 g/mol. The summed E-state index contributed by atoms with van der Waals surface area (Å²) in [6, 6.07) is 0. The van der Waals surface area contributed by atoms with Crippen LogP contribution in [0.3, 0.4) is 0 Å². The van der Waals surface area contributed by atoms with Crippen molar-refractivity contribution in [1.29, 1.82) is 0 Å². The first-order valence-corrected chi connectivity index (χ1v) is 2.26. The lowest BCUT2D eigenvalue weighted by atomic mass is 10.9. The van der Waals surface area contributed by atoms with Gasteiger partial charge < -0.3 is 4.74 Å². The Morgan fingerprint density at radius 1 is 1.57 bits per heavy atom. The van der Waals surface area contributed by atoms with Gasteiger partial charge in [-0.25, -0.2) is 0 Å². The van der Waals surface area contributed by atoms with Crippen LogP contribution in [0, 0.1) is 0 Å². The summed E-state index contributed by atoms with van der Waals surface area (Å²) in [5.41, 5.74) is -0.681. The number of rotatable bonds is 2. The van der Waals surface area contributed by atoms with Crippen molar-refractivity contribution < 1.29 is 13.5 Å². The molecule has 0 aliphatic heterocycles. The van der Waals surface area contributed by atoms with E-state index in [9.17, 15) is 8.78 Å². The van der Waals surface area contributed by atoms with Gasteiger partial charge in [0.05, 0.1) is 0 Å². The number of halogens is 2. The topological polar surface area (TPSA) is 9.23 Å². The summed E-state index contributed by atoms with van der Waals surface area (Å²) < 4.78 is 25.8. The maximum absolute atomic E-state index is 11.0. The molecule has 0 rings (SSSR count). The normalized spacial score (nSPS) is 15.0. The summed E-state index contributed by atoms with van der Waals surface area (Å²) >= 11 is 3.54. The van der Waals surface area contributed by atoms with E-state index >= 15 is 0 Å². The first-order chi connectivity index (χ1) is 3.13. The van der Waals surface area contributed by atoms with Crippen LogP contribution < -0.4 is 0 Å². The largest absolute Gasteiger partial charge is 0.346 e. The van der Waals surface area contributed by atoms with Gasteiger partial charge in [-0.05, 0) is 6.92 Å². The molecule has 0 saturated carbocycles. The van der Waals surface area contributed by atoms with Crippen molar-refractivity contribution in [3.05, 3.63) is 0 Å². The fourth-order valence-corrected chi connectivity index (χ4v) is 0.241. The minimum absolute atomic E-state index is 0.681. The van der Waals surface area contributed by atoms with Crippen molar-refractivity contribution in [1.82, 2.24) is 0 Å². The lowest BCUT2D eigenvalue weighted by molar-refractivity contribution is -0.134. The Morgan fingerprint density at radius 2 is 2.00 bits per heavy atom. The highest BCUT2D eigenvalue weighted by Gasteiger charge is 2.03. The quantitative estimate of drug-likeness (QED) is 0.438. The van der Waals surface area contributed by atoms with Crippen LogP contribution in [0.15, 0.2) is 0 Å². The van der Waals surface area contributed by atoms with E-state index in [0.29, 0.717) is 0 Å². The monoisotopic (exact) mass is 128 g/mol. The van der Waals surface area contributed by atoms with Crippen LogP contribution in [0.25, 0.3) is 0 Å². The molecule has 0 aliphatic carbocycles. The summed E-state index contributed by atoms with van der Waals surface area (Å²) in [6.45, 7) is -1.28. The highest BCUT2D eigenvalue weighted by Crippen LogP contribution is 2.02. The molecule has 44 valence electrons. The number of ether oxygens (including phenoxy) is 1. The second-order valence-electron chi connectivity index (χ2n) is 0.996. The summed E-state index contributed by atoms with van der Waals surface area (Å²) in [6.07, 6.45) is 0. The third-order valence-corrected chi connectivity index (χ3v) is 0.422. The minimum Gasteiger partial charge on any atom is -0.309 e. The molecule has 0 fully saturated rings. The Hall–Kier alpha value is 0.170. The van der Waals surface area contributed by atoms with Gasteiger partial charge in [-0.3, -0.25) is 0 Å². The smallest absolute Gasteiger partial charge is 0.309 e. The van der Waals surface area contributed by atoms with E-state index in [2.05, 4.69) is 17.4 Å². The van der Waals surface area contributed by atoms with Crippen LogP contribution in [-0.4, -0.2) is 12.0 Å². The van der Waals surface area contributed by atoms with Crippen molar-refractivity contribution in [2.24, 2.45) is 0 Å². The Bertz CT molecular complexity index is 42.2. The fourth-order valence-electron chi connectivity index (χ4n) is 0.149. The van der Waals surface area contributed by atoms with Crippen molar-refractivity contribution in [3.63, 3.8) is 0 Å². The molecule has 1 atom stereocenters. The first-order valence-electron chi connectivity index (χ1n) is 1.74. The molecule has 0 amide bonds. The Morgan fingerprint density at radius 3 is 2.00 bits per heavy atom. The van der Waals surface area contributed by atoms with E-state index in [1.165, 1.54) is 6.92 Å². The van der Waals surface area contributed by atoms with Crippen molar-refractivity contribution in [2.75, 3.05) is 0 Å². The molecule has 0 N–H and O–H groups in total. The molecule has 7 heavy (non-hydrogen) atoms. The van der Waals surface area contributed by atoms with E-state index in [1.807, 2.05) is 0 Å². The fraction of sp³-hybridized carbons (Fsp3) is 1.00. The van der Waals surface area contributed by atoms with Crippen LogP contribution in [-0.2, 0) is 4.74 Å². The van der Waals surface area contributed by atoms with E-state index < -0.39 is 12.0 Å². The first kappa shape index (κ1) is 7.17. The lowest BCUT2D eigenvalue weighted by Crippen LogP contribution is -2.04. The molecule has 0 unspecified atom stereocenters. The third kappa shape index (κ3) is 6.17. The molecule has 0 aliphatic rings. The highest BCUT2D eigenvalue weighted by molar-refractivity contribution is 7.80. The van der Waals surface area contributed by atoms with Crippen LogP contribution in [0.1, 0.15) is 6.92 Å². The van der Waals surface area contributed by atoms with E-state index in [1.54, 1.807) is 0 Å². The SMILES string of the molecule is C[C@H](S)OC(F)F. The number of hydrogen-bond acceptors (Lipinski definition) is 2. The molecule has 0 radical (unpaired) electrons. The van der Waals surface area contributed by atoms with E-state index in [-0.39, 0.29) is 0 Å². The van der Waals surface area contributed by atoms with Crippen molar-refractivity contribution in [3.8, 4) is 0 Å². The second-order valence-corrected chi connectivity index (χ2v) is 1.72. The van der Waals surface area contributed by atoms with Gasteiger partial charge in [-0.15, -0.1) is 12.6 Å². The average Bonchev–Trinajstić information content (AvgIpc) is 1.27. The van der Waals surface area contributed by atoms with Crippen LogP contribution >= 0.6 is 12.6 Å². The van der Waals surface area contributed by atoms with Crippen LogP contribution in [0.2, 0.25) is 0 Å². The van der Waals surface area contributed by atoms with Gasteiger partial charge >= 0.3 is 6.61 Å². The summed E-state index contributed by atoms with van der Waals surface area (Å²) in [5.74, 6) is 0. The van der Waals surface area contributed by atoms with E-state index in [4.69, 9.17) is 0 Å². The molecular weight excluding hydrogens is 122 g/mol. The zero-order valence-electron chi connectivity index (χ0n) is 3.77. The molecule has 0 heterocycles. The van der Waals surface area contributed by atoms with Crippen molar-refractivity contribution in [2.45, 2.75) is 19.0 Å². The molecule has 1 nitrogen and oxygen atoms in total. The molecule has 4 heteroatoms. The minimum atomic E-state index is -2.70. The van der Waals surface area contributed by atoms with E-state index in [0.717, 1.165) is 0 Å². The standard InChI is InChI=1S/C3H6F2OS/c1-2(7)6-3(4)5/h2-3,7H,1H3/t2-/m0/s1. The Kier molecular flexibility index (Phi) is 3.29. The molecule has 0 saturated heterocycles. The van der Waals surface area contributed by atoms with Gasteiger partial charge in [0.15, 0.2) is 0 Å². The van der Waals surface area contributed by atoms with Crippen LogP contribution in [0.4, 0.5) is 8.78 Å². The van der Waals surface area contributed by atoms with Gasteiger partial charge in [-0.2, -0.15) is 8.78 Å². The second kappa shape index (κ2) is 3.21. The highest BCUT2D eigenvalue weighted by atomic mass is 32.1. The number of hydrogen-bond donors (Lipinski definition) is 1. The maximum Gasteiger partial charge on any atom is 0.346 e. The zero-order chi connectivity index (χ0) is 5.86. The van der Waals surface area contributed by atoms with Crippen LogP contribution in [0.5, 0.6) is 0 Å². The third-order valence-electron chi connectivity index (χ3n) is 0.300. The molecule has 0 spiro atoms. The predicted molar refractivity (Wildman–Crippen MR) is 25.5 cm³/mol. The summed E-state index contributed by atoms with van der Waals surface area (Å²) in [5, 5.41) is 0. The number of alkyl halides is 2. The lowest BCUT2D eigenvalue weighted by Gasteiger charge is -2.02. The predicted octanol–water partition coefficient (Wildman–Crippen LogP) is 1.50. The molecular formula is C3H6F2OS. The molecule has 0 aromatic carbocycles. The Labute approximate surface area is 46.1 Å². The van der Waals surface area contributed by atoms with Gasteiger partial charge in [0.2, 0.25) is 0 Å².